The first-order chi connectivity index (χ1) is 9.73. The van der Waals surface area contributed by atoms with E-state index in [1.807, 2.05) is 0 Å². The maximum absolute atomic E-state index is 5.97. The average Bonchev–Trinajstić information content (AvgIpc) is 3.03. The van der Waals surface area contributed by atoms with E-state index in [9.17, 15) is 0 Å². The minimum absolute atomic E-state index is 0.282. The zero-order chi connectivity index (χ0) is 14.0. The summed E-state index contributed by atoms with van der Waals surface area (Å²) >= 11 is 0. The van der Waals surface area contributed by atoms with Crippen LogP contribution in [0.2, 0.25) is 0 Å². The lowest BCUT2D eigenvalue weighted by atomic mass is 9.93. The standard InChI is InChI=1S/C15H25N3O2/c1-19-15(8-4-2-3-5-9-15)14-17-13(20-18-14)11-6-7-12(16)10-11/h11-12H,2-10,16H2,1H3. The van der Waals surface area contributed by atoms with Gasteiger partial charge in [-0.25, -0.2) is 0 Å². The minimum atomic E-state index is -0.334. The van der Waals surface area contributed by atoms with Crippen molar-refractivity contribution in [3.05, 3.63) is 11.7 Å². The highest BCUT2D eigenvalue weighted by atomic mass is 16.5. The monoisotopic (exact) mass is 279 g/mol. The zero-order valence-corrected chi connectivity index (χ0v) is 12.3. The van der Waals surface area contributed by atoms with Gasteiger partial charge in [0.05, 0.1) is 0 Å². The lowest BCUT2D eigenvalue weighted by Crippen LogP contribution is -2.29. The van der Waals surface area contributed by atoms with Gasteiger partial charge in [-0.3, -0.25) is 0 Å². The minimum Gasteiger partial charge on any atom is -0.370 e. The van der Waals surface area contributed by atoms with Gasteiger partial charge in [0.2, 0.25) is 11.7 Å². The van der Waals surface area contributed by atoms with E-state index in [0.29, 0.717) is 5.92 Å². The molecule has 0 bridgehead atoms. The van der Waals surface area contributed by atoms with Crippen LogP contribution in [0, 0.1) is 0 Å². The SMILES string of the molecule is COC1(c2noc(C3CCC(N)C3)n2)CCCCCC1. The number of ether oxygens (including phenoxy) is 1. The van der Waals surface area contributed by atoms with Crippen LogP contribution in [-0.4, -0.2) is 23.3 Å². The summed E-state index contributed by atoms with van der Waals surface area (Å²) in [6.45, 7) is 0. The molecule has 1 aromatic rings. The second-order valence-electron chi connectivity index (χ2n) is 6.34. The zero-order valence-electron chi connectivity index (χ0n) is 12.3. The number of aromatic nitrogens is 2. The van der Waals surface area contributed by atoms with E-state index in [-0.39, 0.29) is 11.6 Å². The van der Waals surface area contributed by atoms with E-state index in [4.69, 9.17) is 15.0 Å². The Morgan fingerprint density at radius 2 is 1.95 bits per heavy atom. The van der Waals surface area contributed by atoms with Crippen molar-refractivity contribution in [3.63, 3.8) is 0 Å². The first-order valence-electron chi connectivity index (χ1n) is 7.88. The molecule has 0 spiro atoms. The Balaban J connectivity index is 1.80. The molecule has 2 saturated carbocycles. The second kappa shape index (κ2) is 5.82. The van der Waals surface area contributed by atoms with Gasteiger partial charge in [-0.15, -0.1) is 0 Å². The molecule has 2 aliphatic rings. The number of nitrogens with zero attached hydrogens (tertiary/aromatic N) is 2. The van der Waals surface area contributed by atoms with Gasteiger partial charge < -0.3 is 15.0 Å². The molecule has 1 aromatic heterocycles. The predicted octanol–water partition coefficient (Wildman–Crippen LogP) is 2.86. The maximum Gasteiger partial charge on any atom is 0.229 e. The van der Waals surface area contributed by atoms with Crippen molar-refractivity contribution in [3.8, 4) is 0 Å². The van der Waals surface area contributed by atoms with Gasteiger partial charge >= 0.3 is 0 Å². The third-order valence-electron chi connectivity index (χ3n) is 4.97. The summed E-state index contributed by atoms with van der Waals surface area (Å²) in [4.78, 5) is 4.68. The van der Waals surface area contributed by atoms with E-state index < -0.39 is 0 Å². The topological polar surface area (TPSA) is 74.2 Å². The Kier molecular flexibility index (Phi) is 4.08. The Morgan fingerprint density at radius 3 is 2.55 bits per heavy atom. The molecule has 2 fully saturated rings. The molecule has 1 heterocycles. The van der Waals surface area contributed by atoms with Gasteiger partial charge in [0, 0.05) is 19.1 Å². The van der Waals surface area contributed by atoms with Crippen molar-refractivity contribution in [1.82, 2.24) is 10.1 Å². The van der Waals surface area contributed by atoms with Gasteiger partial charge in [-0.05, 0) is 32.1 Å². The number of methoxy groups -OCH3 is 1. The average molecular weight is 279 g/mol. The third kappa shape index (κ3) is 2.61. The summed E-state index contributed by atoms with van der Waals surface area (Å²) in [5.41, 5.74) is 5.64. The molecule has 2 unspecified atom stereocenters. The van der Waals surface area contributed by atoms with Crippen LogP contribution >= 0.6 is 0 Å². The van der Waals surface area contributed by atoms with Crippen LogP contribution < -0.4 is 5.73 Å². The van der Waals surface area contributed by atoms with Gasteiger partial charge in [0.1, 0.15) is 5.60 Å². The quantitative estimate of drug-likeness (QED) is 0.861. The van der Waals surface area contributed by atoms with Gasteiger partial charge in [0.15, 0.2) is 0 Å². The molecule has 2 N–H and O–H groups in total. The summed E-state index contributed by atoms with van der Waals surface area (Å²) in [5.74, 6) is 1.84. The molecule has 2 aliphatic carbocycles. The van der Waals surface area contributed by atoms with Crippen molar-refractivity contribution in [1.29, 1.82) is 0 Å². The molecule has 5 nitrogen and oxygen atoms in total. The Hall–Kier alpha value is -0.940. The molecule has 3 rings (SSSR count). The fourth-order valence-corrected chi connectivity index (χ4v) is 3.65. The van der Waals surface area contributed by atoms with Gasteiger partial charge in [0.25, 0.3) is 0 Å². The van der Waals surface area contributed by atoms with Crippen LogP contribution in [0.4, 0.5) is 0 Å². The van der Waals surface area contributed by atoms with E-state index in [0.717, 1.165) is 43.8 Å². The van der Waals surface area contributed by atoms with Crippen LogP contribution in [-0.2, 0) is 10.3 Å². The summed E-state index contributed by atoms with van der Waals surface area (Å²) in [5, 5.41) is 4.24. The van der Waals surface area contributed by atoms with E-state index in [1.165, 1.54) is 25.7 Å². The number of nitrogens with two attached hydrogens (primary N) is 1. The summed E-state index contributed by atoms with van der Waals surface area (Å²) < 4.78 is 11.4. The van der Waals surface area contributed by atoms with Crippen molar-refractivity contribution < 1.29 is 9.26 Å². The third-order valence-corrected chi connectivity index (χ3v) is 4.97. The number of hydrogen-bond donors (Lipinski definition) is 1. The molecule has 0 radical (unpaired) electrons. The van der Waals surface area contributed by atoms with Crippen molar-refractivity contribution in [2.45, 2.75) is 75.3 Å². The summed E-state index contributed by atoms with van der Waals surface area (Å²) in [6, 6.07) is 0.282. The molecule has 2 atom stereocenters. The highest BCUT2D eigenvalue weighted by molar-refractivity contribution is 5.06. The molecule has 5 heteroatoms. The second-order valence-corrected chi connectivity index (χ2v) is 6.34. The lowest BCUT2D eigenvalue weighted by molar-refractivity contribution is -0.0365. The number of hydrogen-bond acceptors (Lipinski definition) is 5. The lowest BCUT2D eigenvalue weighted by Gasteiger charge is -2.27. The predicted molar refractivity (Wildman–Crippen MR) is 75.3 cm³/mol. The fraction of sp³-hybridized carbons (Fsp3) is 0.867. The van der Waals surface area contributed by atoms with Crippen LogP contribution in [0.25, 0.3) is 0 Å². The highest BCUT2D eigenvalue weighted by Crippen LogP contribution is 2.39. The van der Waals surface area contributed by atoms with E-state index in [2.05, 4.69) is 10.1 Å². The molecule has 0 aromatic carbocycles. The molecular weight excluding hydrogens is 254 g/mol. The van der Waals surface area contributed by atoms with Gasteiger partial charge in [-0.2, -0.15) is 4.98 Å². The highest BCUT2D eigenvalue weighted by Gasteiger charge is 2.38. The van der Waals surface area contributed by atoms with Crippen LogP contribution in [0.3, 0.4) is 0 Å². The molecule has 0 amide bonds. The molecule has 20 heavy (non-hydrogen) atoms. The fourth-order valence-electron chi connectivity index (χ4n) is 3.65. The Morgan fingerprint density at radius 1 is 1.20 bits per heavy atom. The molecule has 112 valence electrons. The van der Waals surface area contributed by atoms with Crippen LogP contribution in [0.1, 0.15) is 75.4 Å². The molecular formula is C15H25N3O2. The molecule has 0 aliphatic heterocycles. The number of rotatable bonds is 3. The maximum atomic E-state index is 5.97. The van der Waals surface area contributed by atoms with Crippen LogP contribution in [0.15, 0.2) is 4.52 Å². The Labute approximate surface area is 120 Å². The van der Waals surface area contributed by atoms with Crippen molar-refractivity contribution >= 4 is 0 Å². The normalized spacial score (nSPS) is 30.3. The van der Waals surface area contributed by atoms with Crippen LogP contribution in [0.5, 0.6) is 0 Å². The molecule has 0 saturated heterocycles. The van der Waals surface area contributed by atoms with Gasteiger partial charge in [-0.1, -0.05) is 30.8 Å². The first-order valence-corrected chi connectivity index (χ1v) is 7.88. The van der Waals surface area contributed by atoms with Crippen molar-refractivity contribution in [2.75, 3.05) is 7.11 Å². The van der Waals surface area contributed by atoms with Crippen molar-refractivity contribution in [2.24, 2.45) is 5.73 Å². The smallest absolute Gasteiger partial charge is 0.229 e. The van der Waals surface area contributed by atoms with E-state index >= 15 is 0 Å². The largest absolute Gasteiger partial charge is 0.370 e. The Bertz CT molecular complexity index is 438. The summed E-state index contributed by atoms with van der Waals surface area (Å²) in [7, 11) is 1.77. The summed E-state index contributed by atoms with van der Waals surface area (Å²) in [6.07, 6.45) is 9.94. The first kappa shape index (κ1) is 14.0. The van der Waals surface area contributed by atoms with E-state index in [1.54, 1.807) is 7.11 Å².